The number of ketones is 2. The number of Topliss-reactive ketones (excluding diaryl/α,β-unsaturated/α-hetero) is 2. The average molecular weight is 266 g/mol. The molecule has 0 aliphatic carbocycles. The summed E-state index contributed by atoms with van der Waals surface area (Å²) in [5.74, 6) is -2.56. The number of halogens is 3. The van der Waals surface area contributed by atoms with Crippen LogP contribution in [0.15, 0.2) is 36.4 Å². The van der Waals surface area contributed by atoms with E-state index in [4.69, 9.17) is 0 Å². The topological polar surface area (TPSA) is 34.1 Å². The molecule has 0 bridgehead atoms. The van der Waals surface area contributed by atoms with Gasteiger partial charge in [-0.3, -0.25) is 9.59 Å². The highest BCUT2D eigenvalue weighted by atomic mass is 19.4. The first-order chi connectivity index (χ1) is 8.82. The van der Waals surface area contributed by atoms with E-state index in [1.165, 1.54) is 12.1 Å². The molecule has 0 saturated carbocycles. The van der Waals surface area contributed by atoms with Gasteiger partial charge >= 0.3 is 6.18 Å². The standard InChI is InChI=1S/C14H9F3O2/c1-8(18)12-10-5-3-2-4-9(10)6-7-11(12)13(19)14(15,16)17/h2-7H,1H3. The SMILES string of the molecule is CC(=O)c1c(C(=O)C(F)(F)F)ccc2ccccc12. The lowest BCUT2D eigenvalue weighted by Gasteiger charge is -2.11. The van der Waals surface area contributed by atoms with Crippen LogP contribution in [0.2, 0.25) is 0 Å². The zero-order valence-electron chi connectivity index (χ0n) is 9.91. The number of rotatable bonds is 2. The molecule has 0 aliphatic rings. The normalized spacial score (nSPS) is 11.6. The zero-order chi connectivity index (χ0) is 14.2. The molecule has 0 radical (unpaired) electrons. The molecule has 0 N–H and O–H groups in total. The Bertz CT molecular complexity index is 672. The van der Waals surface area contributed by atoms with Gasteiger partial charge in [0.05, 0.1) is 0 Å². The number of carbonyl (C=O) groups excluding carboxylic acids is 2. The summed E-state index contributed by atoms with van der Waals surface area (Å²) in [4.78, 5) is 22.9. The highest BCUT2D eigenvalue weighted by molar-refractivity contribution is 6.17. The number of fused-ring (bicyclic) bond motifs is 1. The van der Waals surface area contributed by atoms with Crippen molar-refractivity contribution < 1.29 is 22.8 Å². The van der Waals surface area contributed by atoms with Crippen molar-refractivity contribution in [2.45, 2.75) is 13.1 Å². The van der Waals surface area contributed by atoms with Gasteiger partial charge in [0, 0.05) is 11.1 Å². The third-order valence-corrected chi connectivity index (χ3v) is 2.78. The van der Waals surface area contributed by atoms with E-state index in [0.29, 0.717) is 10.8 Å². The Balaban J connectivity index is 2.79. The van der Waals surface area contributed by atoms with E-state index in [-0.39, 0.29) is 5.56 Å². The maximum Gasteiger partial charge on any atom is 0.454 e. The number of carbonyl (C=O) groups is 2. The molecular weight excluding hydrogens is 257 g/mol. The highest BCUT2D eigenvalue weighted by Gasteiger charge is 2.41. The molecule has 0 aliphatic heterocycles. The van der Waals surface area contributed by atoms with Crippen LogP contribution in [0, 0.1) is 0 Å². The van der Waals surface area contributed by atoms with Gasteiger partial charge in [0.15, 0.2) is 5.78 Å². The summed E-state index contributed by atoms with van der Waals surface area (Å²) in [7, 11) is 0. The Hall–Kier alpha value is -2.17. The van der Waals surface area contributed by atoms with Crippen LogP contribution in [0.25, 0.3) is 10.8 Å². The van der Waals surface area contributed by atoms with Crippen LogP contribution in [0.1, 0.15) is 27.6 Å². The molecular formula is C14H9F3O2. The second-order valence-corrected chi connectivity index (χ2v) is 4.09. The maximum absolute atomic E-state index is 12.5. The van der Waals surface area contributed by atoms with Gasteiger partial charge < -0.3 is 0 Å². The number of hydrogen-bond donors (Lipinski definition) is 0. The monoisotopic (exact) mass is 266 g/mol. The first kappa shape index (κ1) is 13.3. The van der Waals surface area contributed by atoms with Crippen LogP contribution in [0.4, 0.5) is 13.2 Å². The van der Waals surface area contributed by atoms with E-state index in [1.54, 1.807) is 18.2 Å². The molecule has 0 aromatic heterocycles. The van der Waals surface area contributed by atoms with Crippen molar-refractivity contribution in [2.75, 3.05) is 0 Å². The molecule has 0 spiro atoms. The van der Waals surface area contributed by atoms with Gasteiger partial charge in [-0.25, -0.2) is 0 Å². The summed E-state index contributed by atoms with van der Waals surface area (Å²) >= 11 is 0. The van der Waals surface area contributed by atoms with E-state index in [1.807, 2.05) is 0 Å². The van der Waals surface area contributed by atoms with Gasteiger partial charge in [-0.2, -0.15) is 13.2 Å². The first-order valence-electron chi connectivity index (χ1n) is 5.46. The van der Waals surface area contributed by atoms with E-state index in [0.717, 1.165) is 13.0 Å². The van der Waals surface area contributed by atoms with Crippen molar-refractivity contribution in [1.29, 1.82) is 0 Å². The summed E-state index contributed by atoms with van der Waals surface area (Å²) in [6.07, 6.45) is -4.99. The highest BCUT2D eigenvalue weighted by Crippen LogP contribution is 2.28. The van der Waals surface area contributed by atoms with Crippen molar-refractivity contribution in [3.63, 3.8) is 0 Å². The number of alkyl halides is 3. The van der Waals surface area contributed by atoms with Gasteiger partial charge in [-0.15, -0.1) is 0 Å². The molecule has 0 atom stereocenters. The van der Waals surface area contributed by atoms with E-state index in [2.05, 4.69) is 0 Å². The Morgan fingerprint density at radius 3 is 2.21 bits per heavy atom. The molecule has 5 heteroatoms. The minimum atomic E-state index is -4.99. The van der Waals surface area contributed by atoms with Crippen LogP contribution >= 0.6 is 0 Å². The second kappa shape index (κ2) is 4.50. The van der Waals surface area contributed by atoms with Gasteiger partial charge in [0.1, 0.15) is 0 Å². The van der Waals surface area contributed by atoms with Crippen molar-refractivity contribution >= 4 is 22.3 Å². The minimum Gasteiger partial charge on any atom is -0.294 e. The predicted octanol–water partition coefficient (Wildman–Crippen LogP) is 3.79. The number of benzene rings is 2. The molecule has 98 valence electrons. The van der Waals surface area contributed by atoms with Crippen LogP contribution in [0.5, 0.6) is 0 Å². The summed E-state index contributed by atoms with van der Waals surface area (Å²) < 4.78 is 37.6. The van der Waals surface area contributed by atoms with Crippen LogP contribution in [-0.2, 0) is 0 Å². The molecule has 2 aromatic carbocycles. The first-order valence-corrected chi connectivity index (χ1v) is 5.46. The smallest absolute Gasteiger partial charge is 0.294 e. The van der Waals surface area contributed by atoms with Gasteiger partial charge in [-0.1, -0.05) is 30.3 Å². The van der Waals surface area contributed by atoms with Gasteiger partial charge in [-0.05, 0) is 23.8 Å². The lowest BCUT2D eigenvalue weighted by molar-refractivity contribution is -0.0885. The summed E-state index contributed by atoms with van der Waals surface area (Å²) in [5.41, 5.74) is -0.779. The van der Waals surface area contributed by atoms with Crippen LogP contribution in [-0.4, -0.2) is 17.7 Å². The summed E-state index contributed by atoms with van der Waals surface area (Å²) in [6.45, 7) is 1.15. The fourth-order valence-corrected chi connectivity index (χ4v) is 1.99. The van der Waals surface area contributed by atoms with Crippen molar-refractivity contribution in [2.24, 2.45) is 0 Å². The third-order valence-electron chi connectivity index (χ3n) is 2.78. The molecule has 0 saturated heterocycles. The zero-order valence-corrected chi connectivity index (χ0v) is 9.91. The van der Waals surface area contributed by atoms with Gasteiger partial charge in [0.2, 0.25) is 0 Å². The molecule has 19 heavy (non-hydrogen) atoms. The quantitative estimate of drug-likeness (QED) is 0.775. The Morgan fingerprint density at radius 2 is 1.63 bits per heavy atom. The van der Waals surface area contributed by atoms with Crippen molar-refractivity contribution in [3.8, 4) is 0 Å². The van der Waals surface area contributed by atoms with E-state index in [9.17, 15) is 22.8 Å². The van der Waals surface area contributed by atoms with Crippen molar-refractivity contribution in [3.05, 3.63) is 47.5 Å². The lowest BCUT2D eigenvalue weighted by Crippen LogP contribution is -2.24. The number of hydrogen-bond acceptors (Lipinski definition) is 2. The minimum absolute atomic E-state index is 0.180. The lowest BCUT2D eigenvalue weighted by atomic mass is 9.94. The molecule has 2 aromatic rings. The van der Waals surface area contributed by atoms with Crippen LogP contribution < -0.4 is 0 Å². The molecule has 2 nitrogen and oxygen atoms in total. The van der Waals surface area contributed by atoms with Crippen molar-refractivity contribution in [1.82, 2.24) is 0 Å². The Kier molecular flexibility index (Phi) is 3.14. The second-order valence-electron chi connectivity index (χ2n) is 4.09. The molecule has 0 amide bonds. The third kappa shape index (κ3) is 2.36. The maximum atomic E-state index is 12.5. The van der Waals surface area contributed by atoms with E-state index < -0.39 is 23.3 Å². The molecule has 0 heterocycles. The average Bonchev–Trinajstić information content (AvgIpc) is 2.35. The summed E-state index contributed by atoms with van der Waals surface area (Å²) in [6, 6.07) is 8.96. The molecule has 0 unspecified atom stereocenters. The van der Waals surface area contributed by atoms with Gasteiger partial charge in [0.25, 0.3) is 5.78 Å². The molecule has 2 rings (SSSR count). The van der Waals surface area contributed by atoms with E-state index >= 15 is 0 Å². The molecule has 0 fully saturated rings. The Labute approximate surface area is 106 Å². The summed E-state index contributed by atoms with van der Waals surface area (Å²) in [5, 5.41) is 0.969. The van der Waals surface area contributed by atoms with Crippen LogP contribution in [0.3, 0.4) is 0 Å². The Morgan fingerprint density at radius 1 is 1.00 bits per heavy atom. The fourth-order valence-electron chi connectivity index (χ4n) is 1.99. The largest absolute Gasteiger partial charge is 0.454 e. The predicted molar refractivity (Wildman–Crippen MR) is 64.3 cm³/mol. The fraction of sp³-hybridized carbons (Fsp3) is 0.143.